The second-order valence-corrected chi connectivity index (χ2v) is 8.16. The van der Waals surface area contributed by atoms with Crippen LogP contribution in [-0.4, -0.2) is 0 Å². The molecule has 0 saturated carbocycles. The summed E-state index contributed by atoms with van der Waals surface area (Å²) in [6, 6.07) is 40.1. The number of benzene rings is 7. The topological polar surface area (TPSA) is 0 Å². The third-order valence-electron chi connectivity index (χ3n) is 6.61. The molecule has 0 nitrogen and oxygen atoms in total. The zero-order chi connectivity index (χ0) is 19.7. The molecule has 0 aliphatic heterocycles. The van der Waals surface area contributed by atoms with Crippen molar-refractivity contribution in [2.75, 3.05) is 0 Å². The molecule has 0 atom stereocenters. The van der Waals surface area contributed by atoms with Gasteiger partial charge < -0.3 is 0 Å². The largest absolute Gasteiger partial charge is 0.0616 e. The fourth-order valence-corrected chi connectivity index (χ4v) is 5.25. The molecule has 0 aliphatic carbocycles. The Kier molecular flexibility index (Phi) is 3.09. The molecule has 0 amide bonds. The summed E-state index contributed by atoms with van der Waals surface area (Å²) in [6.45, 7) is 0. The van der Waals surface area contributed by atoms with Crippen LogP contribution in [0, 0.1) is 0 Å². The second kappa shape index (κ2) is 5.81. The number of hydrogen-bond donors (Lipinski definition) is 0. The van der Waals surface area contributed by atoms with Crippen LogP contribution in [0.3, 0.4) is 0 Å². The van der Waals surface area contributed by atoms with Crippen LogP contribution in [0.25, 0.3) is 65.0 Å². The lowest BCUT2D eigenvalue weighted by molar-refractivity contribution is 1.71. The van der Waals surface area contributed by atoms with E-state index in [0.717, 1.165) is 0 Å². The van der Waals surface area contributed by atoms with Gasteiger partial charge in [-0.3, -0.25) is 0 Å². The van der Waals surface area contributed by atoms with E-state index in [1.807, 2.05) is 0 Å². The van der Waals surface area contributed by atoms with Gasteiger partial charge in [-0.15, -0.1) is 0 Å². The van der Waals surface area contributed by atoms with E-state index in [0.29, 0.717) is 0 Å². The lowest BCUT2D eigenvalue weighted by Crippen LogP contribution is -1.88. The van der Waals surface area contributed by atoms with Crippen LogP contribution in [0.1, 0.15) is 0 Å². The maximum Gasteiger partial charge on any atom is -0.00206 e. The molecule has 0 radical (unpaired) electrons. The Labute approximate surface area is 174 Å². The molecular formula is C30H18. The molecule has 30 heavy (non-hydrogen) atoms. The van der Waals surface area contributed by atoms with Crippen LogP contribution in [0.4, 0.5) is 0 Å². The molecule has 7 rings (SSSR count). The monoisotopic (exact) mass is 378 g/mol. The Morgan fingerprint density at radius 3 is 1.73 bits per heavy atom. The number of fused-ring (bicyclic) bond motifs is 3. The summed E-state index contributed by atoms with van der Waals surface area (Å²) in [7, 11) is 0. The van der Waals surface area contributed by atoms with Gasteiger partial charge >= 0.3 is 0 Å². The first-order chi connectivity index (χ1) is 14.9. The summed E-state index contributed by atoms with van der Waals surface area (Å²) in [5, 5.41) is 13.2. The average molecular weight is 378 g/mol. The zero-order valence-electron chi connectivity index (χ0n) is 16.4. The van der Waals surface area contributed by atoms with Crippen molar-refractivity contribution >= 4 is 53.9 Å². The molecule has 0 aliphatic rings. The Morgan fingerprint density at radius 2 is 0.833 bits per heavy atom. The molecule has 0 heterocycles. The fraction of sp³-hybridized carbons (Fsp3) is 0. The Balaban J connectivity index is 1.64. The van der Waals surface area contributed by atoms with Crippen molar-refractivity contribution < 1.29 is 0 Å². The fourth-order valence-electron chi connectivity index (χ4n) is 5.25. The van der Waals surface area contributed by atoms with E-state index in [1.54, 1.807) is 0 Å². The van der Waals surface area contributed by atoms with E-state index < -0.39 is 0 Å². The van der Waals surface area contributed by atoms with Gasteiger partial charge in [0, 0.05) is 0 Å². The predicted molar refractivity (Wildman–Crippen MR) is 131 cm³/mol. The number of rotatable bonds is 1. The van der Waals surface area contributed by atoms with E-state index in [-0.39, 0.29) is 0 Å². The van der Waals surface area contributed by atoms with Gasteiger partial charge in [-0.2, -0.15) is 0 Å². The van der Waals surface area contributed by atoms with Gasteiger partial charge in [0.2, 0.25) is 0 Å². The van der Waals surface area contributed by atoms with Crippen molar-refractivity contribution in [3.8, 4) is 11.1 Å². The summed E-state index contributed by atoms with van der Waals surface area (Å²) in [6.07, 6.45) is 0. The molecule has 138 valence electrons. The van der Waals surface area contributed by atoms with E-state index in [1.165, 1.54) is 65.0 Å². The van der Waals surface area contributed by atoms with E-state index in [2.05, 4.69) is 109 Å². The highest BCUT2D eigenvalue weighted by atomic mass is 14.2. The highest BCUT2D eigenvalue weighted by molar-refractivity contribution is 6.26. The molecule has 0 bridgehead atoms. The van der Waals surface area contributed by atoms with Crippen LogP contribution < -0.4 is 0 Å². The Morgan fingerprint density at radius 1 is 0.267 bits per heavy atom. The summed E-state index contributed by atoms with van der Waals surface area (Å²) < 4.78 is 0. The third kappa shape index (κ3) is 2.06. The molecule has 0 saturated heterocycles. The lowest BCUT2D eigenvalue weighted by Gasteiger charge is -2.16. The summed E-state index contributed by atoms with van der Waals surface area (Å²) in [5.41, 5.74) is 2.61. The lowest BCUT2D eigenvalue weighted by atomic mass is 9.88. The van der Waals surface area contributed by atoms with Crippen molar-refractivity contribution in [2.45, 2.75) is 0 Å². The first kappa shape index (κ1) is 16.0. The van der Waals surface area contributed by atoms with Crippen LogP contribution in [-0.2, 0) is 0 Å². The standard InChI is InChI=1S/C30H18/c1-2-8-23-19(5-1)13-16-26-24(23)9-4-10-25(26)27-17-14-22-12-11-20-6-3-7-21-15-18-28(27)30(22)29(20)21/h1-18H. The molecule has 0 spiro atoms. The molecule has 0 aromatic heterocycles. The second-order valence-electron chi connectivity index (χ2n) is 8.16. The van der Waals surface area contributed by atoms with Gasteiger partial charge in [0.25, 0.3) is 0 Å². The van der Waals surface area contributed by atoms with Gasteiger partial charge in [0.05, 0.1) is 0 Å². The van der Waals surface area contributed by atoms with Gasteiger partial charge in [0.1, 0.15) is 0 Å². The van der Waals surface area contributed by atoms with Crippen molar-refractivity contribution in [1.29, 1.82) is 0 Å². The molecule has 0 fully saturated rings. The molecule has 7 aromatic rings. The van der Waals surface area contributed by atoms with Crippen LogP contribution >= 0.6 is 0 Å². The molecule has 7 aromatic carbocycles. The van der Waals surface area contributed by atoms with Gasteiger partial charge in [-0.1, -0.05) is 109 Å². The molecular weight excluding hydrogens is 360 g/mol. The minimum Gasteiger partial charge on any atom is -0.0616 e. The van der Waals surface area contributed by atoms with Gasteiger partial charge in [0.15, 0.2) is 0 Å². The predicted octanol–water partition coefficient (Wildman–Crippen LogP) is 8.56. The summed E-state index contributed by atoms with van der Waals surface area (Å²) in [4.78, 5) is 0. The first-order valence-electron chi connectivity index (χ1n) is 10.5. The van der Waals surface area contributed by atoms with E-state index >= 15 is 0 Å². The normalized spacial score (nSPS) is 12.0. The molecule has 0 unspecified atom stereocenters. The van der Waals surface area contributed by atoms with Gasteiger partial charge in [-0.25, -0.2) is 0 Å². The summed E-state index contributed by atoms with van der Waals surface area (Å²) >= 11 is 0. The maximum atomic E-state index is 2.30. The van der Waals surface area contributed by atoms with Crippen molar-refractivity contribution in [3.05, 3.63) is 109 Å². The van der Waals surface area contributed by atoms with E-state index in [9.17, 15) is 0 Å². The van der Waals surface area contributed by atoms with E-state index in [4.69, 9.17) is 0 Å². The Hall–Kier alpha value is -3.90. The minimum absolute atomic E-state index is 1.29. The van der Waals surface area contributed by atoms with Crippen molar-refractivity contribution in [2.24, 2.45) is 0 Å². The SMILES string of the molecule is c1ccc2c(c1)ccc1c(-c3ccc4ccc5cccc6ccc3c4c56)cccc12. The average Bonchev–Trinajstić information content (AvgIpc) is 2.82. The highest BCUT2D eigenvalue weighted by Crippen LogP contribution is 2.41. The zero-order valence-corrected chi connectivity index (χ0v) is 16.4. The minimum atomic E-state index is 1.29. The highest BCUT2D eigenvalue weighted by Gasteiger charge is 2.13. The van der Waals surface area contributed by atoms with Crippen molar-refractivity contribution in [3.63, 3.8) is 0 Å². The third-order valence-corrected chi connectivity index (χ3v) is 6.61. The Bertz CT molecular complexity index is 1720. The quantitative estimate of drug-likeness (QED) is 0.251. The number of hydrogen-bond acceptors (Lipinski definition) is 0. The maximum absolute atomic E-state index is 2.30. The smallest absolute Gasteiger partial charge is 0.00206 e. The molecule has 0 heteroatoms. The summed E-state index contributed by atoms with van der Waals surface area (Å²) in [5.74, 6) is 0. The van der Waals surface area contributed by atoms with Gasteiger partial charge in [-0.05, 0) is 65.0 Å². The van der Waals surface area contributed by atoms with Crippen LogP contribution in [0.5, 0.6) is 0 Å². The van der Waals surface area contributed by atoms with Crippen LogP contribution in [0.2, 0.25) is 0 Å². The van der Waals surface area contributed by atoms with Crippen LogP contribution in [0.15, 0.2) is 109 Å². The van der Waals surface area contributed by atoms with Crippen molar-refractivity contribution in [1.82, 2.24) is 0 Å². The first-order valence-corrected chi connectivity index (χ1v) is 10.5. The molecule has 0 N–H and O–H groups in total.